The molecular weight excluding hydrogens is 220 g/mol. The van der Waals surface area contributed by atoms with Gasteiger partial charge in [-0.15, -0.1) is 0 Å². The molecule has 1 saturated carbocycles. The third-order valence-corrected chi connectivity index (χ3v) is 5.00. The van der Waals surface area contributed by atoms with Crippen LogP contribution in [0.4, 0.5) is 0 Å². The van der Waals surface area contributed by atoms with Crippen molar-refractivity contribution in [1.29, 1.82) is 0 Å². The molecule has 0 aromatic rings. The van der Waals surface area contributed by atoms with E-state index in [2.05, 4.69) is 44.8 Å². The van der Waals surface area contributed by atoms with E-state index < -0.39 is 0 Å². The number of nitrogens with one attached hydrogen (secondary N) is 1. The Kier molecular flexibility index (Phi) is 4.38. The topological polar surface area (TPSA) is 15.3 Å². The zero-order valence-electron chi connectivity index (χ0n) is 13.0. The van der Waals surface area contributed by atoms with Crippen molar-refractivity contribution in [3.63, 3.8) is 0 Å². The maximum Gasteiger partial charge on any atom is 0.0247 e. The van der Waals surface area contributed by atoms with Crippen molar-refractivity contribution < 1.29 is 0 Å². The largest absolute Gasteiger partial charge is 0.311 e. The summed E-state index contributed by atoms with van der Waals surface area (Å²) in [4.78, 5) is 2.84. The Balaban J connectivity index is 2.07. The summed E-state index contributed by atoms with van der Waals surface area (Å²) in [5.41, 5.74) is 0.554. The van der Waals surface area contributed by atoms with Crippen molar-refractivity contribution >= 4 is 0 Å². The molecule has 0 aromatic carbocycles. The quantitative estimate of drug-likeness (QED) is 0.811. The van der Waals surface area contributed by atoms with Crippen LogP contribution < -0.4 is 5.32 Å². The molecule has 1 saturated heterocycles. The van der Waals surface area contributed by atoms with E-state index in [1.165, 1.54) is 38.8 Å². The van der Waals surface area contributed by atoms with Gasteiger partial charge in [-0.2, -0.15) is 0 Å². The predicted molar refractivity (Wildman–Crippen MR) is 78.8 cm³/mol. The Morgan fingerprint density at radius 3 is 2.61 bits per heavy atom. The molecule has 2 rings (SSSR count). The number of hydrogen-bond donors (Lipinski definition) is 1. The van der Waals surface area contributed by atoms with Crippen molar-refractivity contribution in [3.8, 4) is 0 Å². The van der Waals surface area contributed by atoms with Gasteiger partial charge in [0.1, 0.15) is 0 Å². The minimum absolute atomic E-state index is 0.554. The Morgan fingerprint density at radius 2 is 2.00 bits per heavy atom. The highest BCUT2D eigenvalue weighted by Crippen LogP contribution is 2.38. The van der Waals surface area contributed by atoms with Gasteiger partial charge < -0.3 is 5.32 Å². The molecule has 2 aliphatic rings. The van der Waals surface area contributed by atoms with E-state index in [0.29, 0.717) is 11.5 Å². The van der Waals surface area contributed by atoms with E-state index >= 15 is 0 Å². The van der Waals surface area contributed by atoms with E-state index in [9.17, 15) is 0 Å². The van der Waals surface area contributed by atoms with Crippen LogP contribution in [0.25, 0.3) is 0 Å². The van der Waals surface area contributed by atoms with E-state index in [4.69, 9.17) is 0 Å². The second-order valence-corrected chi connectivity index (χ2v) is 7.73. The van der Waals surface area contributed by atoms with Crippen molar-refractivity contribution in [2.75, 3.05) is 13.1 Å². The molecule has 106 valence electrons. The van der Waals surface area contributed by atoms with E-state index in [-0.39, 0.29) is 0 Å². The van der Waals surface area contributed by atoms with Gasteiger partial charge in [0, 0.05) is 31.2 Å². The Bertz CT molecular complexity index is 272. The number of nitrogens with zero attached hydrogens (tertiary/aromatic N) is 1. The normalized spacial score (nSPS) is 38.0. The van der Waals surface area contributed by atoms with Crippen LogP contribution in [0, 0.1) is 11.3 Å². The SMILES string of the molecule is CC1CN(C2CCCC(C)(C)C2)C(C(C)C)CN1. The summed E-state index contributed by atoms with van der Waals surface area (Å²) in [7, 11) is 0. The summed E-state index contributed by atoms with van der Waals surface area (Å²) in [6, 6.07) is 2.22. The van der Waals surface area contributed by atoms with Gasteiger partial charge in [0.2, 0.25) is 0 Å². The smallest absolute Gasteiger partial charge is 0.0247 e. The zero-order chi connectivity index (χ0) is 13.3. The van der Waals surface area contributed by atoms with E-state index in [1.807, 2.05) is 0 Å². The zero-order valence-corrected chi connectivity index (χ0v) is 13.0. The van der Waals surface area contributed by atoms with Gasteiger partial charge in [-0.3, -0.25) is 4.90 Å². The lowest BCUT2D eigenvalue weighted by atomic mass is 9.74. The number of rotatable bonds is 2. The maximum absolute atomic E-state index is 3.66. The van der Waals surface area contributed by atoms with Gasteiger partial charge >= 0.3 is 0 Å². The van der Waals surface area contributed by atoms with Crippen molar-refractivity contribution in [1.82, 2.24) is 10.2 Å². The molecule has 0 spiro atoms. The van der Waals surface area contributed by atoms with Crippen LogP contribution in [0.2, 0.25) is 0 Å². The second-order valence-electron chi connectivity index (χ2n) is 7.73. The molecular formula is C16H32N2. The molecule has 2 fully saturated rings. The van der Waals surface area contributed by atoms with E-state index in [1.54, 1.807) is 0 Å². The molecule has 3 atom stereocenters. The van der Waals surface area contributed by atoms with E-state index in [0.717, 1.165) is 18.0 Å². The predicted octanol–water partition coefficient (Wildman–Crippen LogP) is 3.27. The Hall–Kier alpha value is -0.0800. The third-order valence-electron chi connectivity index (χ3n) is 5.00. The third kappa shape index (κ3) is 3.27. The van der Waals surface area contributed by atoms with Gasteiger partial charge in [0.25, 0.3) is 0 Å². The van der Waals surface area contributed by atoms with Crippen molar-refractivity contribution in [3.05, 3.63) is 0 Å². The molecule has 0 bridgehead atoms. The Labute approximate surface area is 114 Å². The lowest BCUT2D eigenvalue weighted by Gasteiger charge is -2.49. The van der Waals surface area contributed by atoms with Crippen LogP contribution in [-0.2, 0) is 0 Å². The molecule has 0 radical (unpaired) electrons. The summed E-state index contributed by atoms with van der Waals surface area (Å²) < 4.78 is 0. The first-order valence-electron chi connectivity index (χ1n) is 7.88. The fourth-order valence-electron chi connectivity index (χ4n) is 3.94. The molecule has 1 aliphatic heterocycles. The monoisotopic (exact) mass is 252 g/mol. The molecule has 3 unspecified atom stereocenters. The van der Waals surface area contributed by atoms with Crippen molar-refractivity contribution in [2.45, 2.75) is 78.4 Å². The lowest BCUT2D eigenvalue weighted by Crippen LogP contribution is -2.61. The molecule has 2 nitrogen and oxygen atoms in total. The fraction of sp³-hybridized carbons (Fsp3) is 1.00. The number of hydrogen-bond acceptors (Lipinski definition) is 2. The summed E-state index contributed by atoms with van der Waals surface area (Å²) >= 11 is 0. The number of piperazine rings is 1. The first-order chi connectivity index (χ1) is 8.39. The molecule has 1 aliphatic carbocycles. The van der Waals surface area contributed by atoms with Gasteiger partial charge in [-0.25, -0.2) is 0 Å². The van der Waals surface area contributed by atoms with Gasteiger partial charge in [0.05, 0.1) is 0 Å². The highest BCUT2D eigenvalue weighted by Gasteiger charge is 2.37. The molecule has 1 N–H and O–H groups in total. The average Bonchev–Trinajstić information content (AvgIpc) is 2.27. The standard InChI is InChI=1S/C16H32N2/c1-12(2)15-10-17-13(3)11-18(15)14-7-6-8-16(4,5)9-14/h12-15,17H,6-11H2,1-5H3. The highest BCUT2D eigenvalue weighted by molar-refractivity contribution is 4.93. The second kappa shape index (κ2) is 5.50. The molecule has 2 heteroatoms. The van der Waals surface area contributed by atoms with Crippen LogP contribution in [0.15, 0.2) is 0 Å². The summed E-state index contributed by atoms with van der Waals surface area (Å²) in [6.07, 6.45) is 5.64. The summed E-state index contributed by atoms with van der Waals surface area (Å²) in [5.74, 6) is 0.759. The highest BCUT2D eigenvalue weighted by atomic mass is 15.3. The van der Waals surface area contributed by atoms with Crippen molar-refractivity contribution in [2.24, 2.45) is 11.3 Å². The molecule has 1 heterocycles. The first-order valence-corrected chi connectivity index (χ1v) is 7.88. The minimum atomic E-state index is 0.554. The van der Waals surface area contributed by atoms with Crippen LogP contribution in [0.5, 0.6) is 0 Å². The van der Waals surface area contributed by atoms with Crippen LogP contribution >= 0.6 is 0 Å². The first kappa shape index (κ1) is 14.3. The van der Waals surface area contributed by atoms with Gasteiger partial charge in [-0.1, -0.05) is 34.1 Å². The molecule has 18 heavy (non-hydrogen) atoms. The Morgan fingerprint density at radius 1 is 1.28 bits per heavy atom. The molecule has 0 aromatic heterocycles. The summed E-state index contributed by atoms with van der Waals surface area (Å²) in [5, 5.41) is 3.66. The van der Waals surface area contributed by atoms with Gasteiger partial charge in [0.15, 0.2) is 0 Å². The summed E-state index contributed by atoms with van der Waals surface area (Å²) in [6.45, 7) is 14.4. The average molecular weight is 252 g/mol. The fourth-order valence-corrected chi connectivity index (χ4v) is 3.94. The minimum Gasteiger partial charge on any atom is -0.311 e. The van der Waals surface area contributed by atoms with Crippen LogP contribution in [0.3, 0.4) is 0 Å². The van der Waals surface area contributed by atoms with Crippen LogP contribution in [-0.4, -0.2) is 36.1 Å². The molecule has 0 amide bonds. The maximum atomic E-state index is 3.66. The van der Waals surface area contributed by atoms with Crippen LogP contribution in [0.1, 0.15) is 60.3 Å². The lowest BCUT2D eigenvalue weighted by molar-refractivity contribution is 0.0164. The van der Waals surface area contributed by atoms with Gasteiger partial charge in [-0.05, 0) is 37.5 Å².